The summed E-state index contributed by atoms with van der Waals surface area (Å²) in [6.07, 6.45) is 0.464. The zero-order chi connectivity index (χ0) is 12.8. The lowest BCUT2D eigenvalue weighted by atomic mass is 10.1. The van der Waals surface area contributed by atoms with Gasteiger partial charge in [0.25, 0.3) is 0 Å². The number of carboxylic acid groups (broad SMARTS) is 1. The Morgan fingerprint density at radius 3 is 2.71 bits per heavy atom. The summed E-state index contributed by atoms with van der Waals surface area (Å²) >= 11 is 0. The fraction of sp³-hybridized carbons (Fsp3) is 0.231. The molecule has 1 N–H and O–H groups in total. The molecule has 1 aromatic carbocycles. The number of aryl methyl sites for hydroxylation is 1. The van der Waals surface area contributed by atoms with E-state index >= 15 is 0 Å². The number of aliphatic carboxylic acids is 1. The van der Waals surface area contributed by atoms with E-state index in [1.54, 1.807) is 31.2 Å². The van der Waals surface area contributed by atoms with Crippen LogP contribution in [0.5, 0.6) is 5.75 Å². The van der Waals surface area contributed by atoms with Gasteiger partial charge in [-0.2, -0.15) is 0 Å². The first-order valence-electron chi connectivity index (χ1n) is 5.17. The van der Waals surface area contributed by atoms with E-state index in [0.29, 0.717) is 17.7 Å². The standard InChI is InChI=1S/C13H14O4/c1-9(2)13(16)17-11-5-3-4-10(8-11)6-7-12(14)15/h3-5,8H,1,6-7H2,2H3,(H,14,15). The van der Waals surface area contributed by atoms with E-state index in [-0.39, 0.29) is 6.42 Å². The van der Waals surface area contributed by atoms with Crippen LogP contribution in [-0.2, 0) is 16.0 Å². The molecule has 4 nitrogen and oxygen atoms in total. The molecule has 1 aromatic rings. The first kappa shape index (κ1) is 13.0. The number of carbonyl (C=O) groups is 2. The van der Waals surface area contributed by atoms with E-state index in [2.05, 4.69) is 6.58 Å². The fourth-order valence-corrected chi connectivity index (χ4v) is 1.21. The lowest BCUT2D eigenvalue weighted by Crippen LogP contribution is -2.08. The molecule has 0 heterocycles. The van der Waals surface area contributed by atoms with Crippen LogP contribution in [0.4, 0.5) is 0 Å². The number of hydrogen-bond donors (Lipinski definition) is 1. The average Bonchev–Trinajstić information content (AvgIpc) is 2.26. The Hall–Kier alpha value is -2.10. The quantitative estimate of drug-likeness (QED) is 0.482. The summed E-state index contributed by atoms with van der Waals surface area (Å²) < 4.78 is 5.04. The summed E-state index contributed by atoms with van der Waals surface area (Å²) in [7, 11) is 0. The normalized spacial score (nSPS) is 9.71. The summed E-state index contributed by atoms with van der Waals surface area (Å²) in [6.45, 7) is 5.05. The van der Waals surface area contributed by atoms with Gasteiger partial charge in [-0.15, -0.1) is 0 Å². The zero-order valence-corrected chi connectivity index (χ0v) is 9.60. The van der Waals surface area contributed by atoms with Crippen molar-refractivity contribution in [2.45, 2.75) is 19.8 Å². The van der Waals surface area contributed by atoms with E-state index in [1.807, 2.05) is 0 Å². The molecular formula is C13H14O4. The van der Waals surface area contributed by atoms with Crippen LogP contribution < -0.4 is 4.74 Å². The second-order valence-corrected chi connectivity index (χ2v) is 3.71. The monoisotopic (exact) mass is 234 g/mol. The van der Waals surface area contributed by atoms with Gasteiger partial charge in [-0.3, -0.25) is 4.79 Å². The highest BCUT2D eigenvalue weighted by atomic mass is 16.5. The smallest absolute Gasteiger partial charge is 0.338 e. The number of benzene rings is 1. The molecule has 0 aliphatic carbocycles. The fourth-order valence-electron chi connectivity index (χ4n) is 1.21. The number of carboxylic acids is 1. The number of carbonyl (C=O) groups excluding carboxylic acids is 1. The molecule has 0 atom stereocenters. The first-order valence-corrected chi connectivity index (χ1v) is 5.17. The van der Waals surface area contributed by atoms with Crippen molar-refractivity contribution in [3.63, 3.8) is 0 Å². The Bertz CT molecular complexity index is 448. The van der Waals surface area contributed by atoms with Crippen LogP contribution in [0.3, 0.4) is 0 Å². The van der Waals surface area contributed by atoms with Crippen molar-refractivity contribution in [1.82, 2.24) is 0 Å². The van der Waals surface area contributed by atoms with Crippen LogP contribution in [0.1, 0.15) is 18.9 Å². The van der Waals surface area contributed by atoms with Crippen LogP contribution >= 0.6 is 0 Å². The zero-order valence-electron chi connectivity index (χ0n) is 9.60. The molecule has 0 aliphatic heterocycles. The maximum atomic E-state index is 11.3. The van der Waals surface area contributed by atoms with Crippen molar-refractivity contribution in [2.24, 2.45) is 0 Å². The highest BCUT2D eigenvalue weighted by Crippen LogP contribution is 2.15. The van der Waals surface area contributed by atoms with Gasteiger partial charge in [0.2, 0.25) is 0 Å². The number of hydrogen-bond acceptors (Lipinski definition) is 3. The summed E-state index contributed by atoms with van der Waals surface area (Å²) in [4.78, 5) is 21.7. The van der Waals surface area contributed by atoms with Crippen LogP contribution in [-0.4, -0.2) is 17.0 Å². The maximum Gasteiger partial charge on any atom is 0.338 e. The summed E-state index contributed by atoms with van der Waals surface area (Å²) in [5.41, 5.74) is 1.14. The Morgan fingerprint density at radius 2 is 2.12 bits per heavy atom. The number of esters is 1. The molecule has 4 heteroatoms. The van der Waals surface area contributed by atoms with Gasteiger partial charge in [0.05, 0.1) is 0 Å². The second-order valence-electron chi connectivity index (χ2n) is 3.71. The molecule has 0 saturated heterocycles. The first-order chi connectivity index (χ1) is 7.99. The van der Waals surface area contributed by atoms with Crippen molar-refractivity contribution in [2.75, 3.05) is 0 Å². The van der Waals surface area contributed by atoms with Crippen LogP contribution in [0.25, 0.3) is 0 Å². The van der Waals surface area contributed by atoms with Gasteiger partial charge in [0.1, 0.15) is 5.75 Å². The molecule has 0 aromatic heterocycles. The predicted octanol–water partition coefficient (Wildman–Crippen LogP) is 2.19. The van der Waals surface area contributed by atoms with Gasteiger partial charge in [-0.05, 0) is 31.0 Å². The second kappa shape index (κ2) is 5.84. The average molecular weight is 234 g/mol. The van der Waals surface area contributed by atoms with Crippen molar-refractivity contribution in [1.29, 1.82) is 0 Å². The van der Waals surface area contributed by atoms with E-state index < -0.39 is 11.9 Å². The Balaban J connectivity index is 2.68. The molecule has 90 valence electrons. The SMILES string of the molecule is C=C(C)C(=O)Oc1cccc(CCC(=O)O)c1. The summed E-state index contributed by atoms with van der Waals surface area (Å²) in [5.74, 6) is -0.935. The molecular weight excluding hydrogens is 220 g/mol. The maximum absolute atomic E-state index is 11.3. The largest absolute Gasteiger partial charge is 0.481 e. The van der Waals surface area contributed by atoms with Gasteiger partial charge in [-0.1, -0.05) is 18.7 Å². The minimum atomic E-state index is -0.852. The highest BCUT2D eigenvalue weighted by Gasteiger charge is 2.06. The van der Waals surface area contributed by atoms with Gasteiger partial charge < -0.3 is 9.84 Å². The van der Waals surface area contributed by atoms with Crippen LogP contribution in [0.2, 0.25) is 0 Å². The molecule has 1 rings (SSSR count). The molecule has 0 bridgehead atoms. The minimum Gasteiger partial charge on any atom is -0.481 e. The molecule has 0 aliphatic rings. The van der Waals surface area contributed by atoms with E-state index in [1.165, 1.54) is 0 Å². The third kappa shape index (κ3) is 4.51. The lowest BCUT2D eigenvalue weighted by molar-refractivity contribution is -0.137. The molecule has 0 unspecified atom stereocenters. The van der Waals surface area contributed by atoms with Crippen molar-refractivity contribution in [3.8, 4) is 5.75 Å². The third-order valence-electron chi connectivity index (χ3n) is 2.08. The highest BCUT2D eigenvalue weighted by molar-refractivity contribution is 5.88. The summed E-state index contributed by atoms with van der Waals surface area (Å²) in [5, 5.41) is 8.57. The molecule has 17 heavy (non-hydrogen) atoms. The van der Waals surface area contributed by atoms with Gasteiger partial charge >= 0.3 is 11.9 Å². The minimum absolute atomic E-state index is 0.0535. The van der Waals surface area contributed by atoms with Crippen molar-refractivity contribution >= 4 is 11.9 Å². The molecule has 0 fully saturated rings. The van der Waals surface area contributed by atoms with Gasteiger partial charge in [-0.25, -0.2) is 4.79 Å². The van der Waals surface area contributed by atoms with Crippen LogP contribution in [0, 0.1) is 0 Å². The van der Waals surface area contributed by atoms with Gasteiger partial charge in [0, 0.05) is 12.0 Å². The number of rotatable bonds is 5. The van der Waals surface area contributed by atoms with E-state index in [0.717, 1.165) is 5.56 Å². The summed E-state index contributed by atoms with van der Waals surface area (Å²) in [6, 6.07) is 6.81. The molecule has 0 spiro atoms. The molecule has 0 amide bonds. The van der Waals surface area contributed by atoms with Crippen molar-refractivity contribution < 1.29 is 19.4 Å². The molecule has 0 saturated carbocycles. The number of ether oxygens (including phenoxy) is 1. The van der Waals surface area contributed by atoms with E-state index in [9.17, 15) is 9.59 Å². The van der Waals surface area contributed by atoms with Gasteiger partial charge in [0.15, 0.2) is 0 Å². The van der Waals surface area contributed by atoms with Crippen molar-refractivity contribution in [3.05, 3.63) is 42.0 Å². The Morgan fingerprint density at radius 1 is 1.41 bits per heavy atom. The lowest BCUT2D eigenvalue weighted by Gasteiger charge is -2.05. The third-order valence-corrected chi connectivity index (χ3v) is 2.08. The Kier molecular flexibility index (Phi) is 4.46. The Labute approximate surface area is 99.5 Å². The van der Waals surface area contributed by atoms with Crippen LogP contribution in [0.15, 0.2) is 36.4 Å². The molecule has 0 radical (unpaired) electrons. The predicted molar refractivity (Wildman–Crippen MR) is 62.8 cm³/mol. The topological polar surface area (TPSA) is 63.6 Å². The van der Waals surface area contributed by atoms with E-state index in [4.69, 9.17) is 9.84 Å².